The number of hydrogen-bond acceptors (Lipinski definition) is 10. The highest BCUT2D eigenvalue weighted by atomic mass is 16.5. The Balaban J connectivity index is 1.04. The first-order valence-corrected chi connectivity index (χ1v) is 24.2. The van der Waals surface area contributed by atoms with Crippen LogP contribution in [0.2, 0.25) is 0 Å². The highest BCUT2D eigenvalue weighted by molar-refractivity contribution is 5.90. The molecule has 350 valence electrons. The number of benzene rings is 8. The quantitative estimate of drug-likeness (QED) is 0.135. The lowest BCUT2D eigenvalue weighted by atomic mass is 9.80. The fraction of sp³-hybridized carbons (Fsp3) is 0.0312. The number of fused-ring (bicyclic) bond motifs is 5. The van der Waals surface area contributed by atoms with Gasteiger partial charge in [0.2, 0.25) is 0 Å². The molecule has 0 saturated heterocycles. The highest BCUT2D eigenvalue weighted by Gasteiger charge is 2.38. The SMILES string of the molecule is [C-]#[N+]c1ccc(-c2nc(-c3ccc(C#N)cc3)nc(-c3ccc(-c4nc(-c5ccc6ncccc6c5)nc(-c5ccc6cccnc6c5)n4)cc3-c3ccc4c(c3)OC(C)(c3ccccc3)c3ccccc3-4)n2)cc1. The van der Waals surface area contributed by atoms with Crippen molar-refractivity contribution in [3.05, 3.63) is 241 Å². The Bertz CT molecular complexity index is 4150. The second-order valence-corrected chi connectivity index (χ2v) is 18.3. The fourth-order valence-corrected chi connectivity index (χ4v) is 9.81. The molecule has 1 unspecified atom stereocenters. The molecule has 1 aliphatic rings. The van der Waals surface area contributed by atoms with Crippen LogP contribution in [0.15, 0.2) is 213 Å². The summed E-state index contributed by atoms with van der Waals surface area (Å²) in [5.74, 6) is 3.37. The van der Waals surface area contributed by atoms with E-state index in [0.717, 1.165) is 71.9 Å². The second kappa shape index (κ2) is 18.2. The molecule has 0 amide bonds. The molecule has 0 saturated carbocycles. The van der Waals surface area contributed by atoms with Crippen molar-refractivity contribution < 1.29 is 4.74 Å². The van der Waals surface area contributed by atoms with Crippen LogP contribution in [0.4, 0.5) is 5.69 Å². The molecule has 13 rings (SSSR count). The lowest BCUT2D eigenvalue weighted by Gasteiger charge is -2.38. The van der Waals surface area contributed by atoms with Crippen molar-refractivity contribution >= 4 is 27.5 Å². The van der Waals surface area contributed by atoms with Crippen molar-refractivity contribution in [3.63, 3.8) is 0 Å². The van der Waals surface area contributed by atoms with Gasteiger partial charge in [0.25, 0.3) is 0 Å². The van der Waals surface area contributed by atoms with Crippen LogP contribution < -0.4 is 4.74 Å². The summed E-state index contributed by atoms with van der Waals surface area (Å²) in [5, 5.41) is 11.6. The average molecular weight is 963 g/mol. The Morgan fingerprint density at radius 1 is 0.440 bits per heavy atom. The molecule has 4 aromatic heterocycles. The van der Waals surface area contributed by atoms with Crippen molar-refractivity contribution in [1.29, 1.82) is 5.26 Å². The van der Waals surface area contributed by atoms with E-state index in [2.05, 4.69) is 94.5 Å². The third kappa shape index (κ3) is 8.13. The number of aromatic nitrogens is 8. The zero-order valence-electron chi connectivity index (χ0n) is 40.1. The van der Waals surface area contributed by atoms with E-state index in [1.807, 2.05) is 109 Å². The van der Waals surface area contributed by atoms with Crippen LogP contribution in [-0.4, -0.2) is 39.9 Å². The first-order chi connectivity index (χ1) is 36.9. The Labute approximate surface area is 431 Å². The molecule has 75 heavy (non-hydrogen) atoms. The largest absolute Gasteiger partial charge is 0.477 e. The Morgan fingerprint density at radius 3 is 1.72 bits per heavy atom. The van der Waals surface area contributed by atoms with Gasteiger partial charge < -0.3 is 4.74 Å². The van der Waals surface area contributed by atoms with Gasteiger partial charge in [-0.05, 0) is 108 Å². The molecule has 0 bridgehead atoms. The molecule has 12 aromatic rings. The third-order valence-electron chi connectivity index (χ3n) is 13.7. The first-order valence-electron chi connectivity index (χ1n) is 24.2. The van der Waals surface area contributed by atoms with Gasteiger partial charge in [-0.3, -0.25) is 9.97 Å². The number of ether oxygens (including phenoxy) is 1. The van der Waals surface area contributed by atoms with Gasteiger partial charge in [0.1, 0.15) is 5.75 Å². The van der Waals surface area contributed by atoms with E-state index in [-0.39, 0.29) is 0 Å². The van der Waals surface area contributed by atoms with Crippen molar-refractivity contribution in [2.75, 3.05) is 0 Å². The van der Waals surface area contributed by atoms with E-state index < -0.39 is 5.60 Å². The third-order valence-corrected chi connectivity index (χ3v) is 13.7. The van der Waals surface area contributed by atoms with E-state index in [1.165, 1.54) is 0 Å². The summed E-state index contributed by atoms with van der Waals surface area (Å²) in [7, 11) is 0. The Kier molecular flexibility index (Phi) is 10.8. The van der Waals surface area contributed by atoms with Gasteiger partial charge in [0.05, 0.1) is 29.2 Å². The Morgan fingerprint density at radius 2 is 1.00 bits per heavy atom. The van der Waals surface area contributed by atoms with Gasteiger partial charge in [-0.1, -0.05) is 121 Å². The van der Waals surface area contributed by atoms with Gasteiger partial charge in [-0.2, -0.15) is 5.26 Å². The molecule has 11 nitrogen and oxygen atoms in total. The predicted molar refractivity (Wildman–Crippen MR) is 292 cm³/mol. The molecular formula is C64H38N10O. The topological polar surface area (TPSA) is 140 Å². The molecule has 0 radical (unpaired) electrons. The Hall–Kier alpha value is -10.6. The lowest BCUT2D eigenvalue weighted by Crippen LogP contribution is -2.34. The van der Waals surface area contributed by atoms with E-state index in [9.17, 15) is 5.26 Å². The maximum atomic E-state index is 9.66. The van der Waals surface area contributed by atoms with Crippen LogP contribution in [0.1, 0.15) is 23.6 Å². The molecule has 0 N–H and O–H groups in total. The summed E-state index contributed by atoms with van der Waals surface area (Å²) in [6.45, 7) is 9.72. The molecule has 5 heterocycles. The van der Waals surface area contributed by atoms with Crippen LogP contribution in [0.25, 0.3) is 117 Å². The average Bonchev–Trinajstić information content (AvgIpc) is 3.48. The summed E-state index contributed by atoms with van der Waals surface area (Å²) in [4.78, 5) is 43.7. The van der Waals surface area contributed by atoms with Crippen molar-refractivity contribution in [3.8, 4) is 102 Å². The molecule has 0 fully saturated rings. The summed E-state index contributed by atoms with van der Waals surface area (Å²) in [5.41, 5.74) is 12.1. The molecule has 1 aliphatic heterocycles. The number of nitrogens with zero attached hydrogens (tertiary/aromatic N) is 10. The van der Waals surface area contributed by atoms with E-state index in [0.29, 0.717) is 68.6 Å². The van der Waals surface area contributed by atoms with Crippen LogP contribution in [0, 0.1) is 17.9 Å². The van der Waals surface area contributed by atoms with Gasteiger partial charge in [0.15, 0.2) is 46.2 Å². The highest BCUT2D eigenvalue weighted by Crippen LogP contribution is 2.50. The summed E-state index contributed by atoms with van der Waals surface area (Å²) >= 11 is 0. The molecule has 8 aromatic carbocycles. The number of rotatable bonds is 8. The minimum absolute atomic E-state index is 0.402. The van der Waals surface area contributed by atoms with E-state index in [4.69, 9.17) is 41.2 Å². The van der Waals surface area contributed by atoms with E-state index in [1.54, 1.807) is 36.7 Å². The van der Waals surface area contributed by atoms with Gasteiger partial charge in [-0.25, -0.2) is 34.7 Å². The fourth-order valence-electron chi connectivity index (χ4n) is 9.81. The van der Waals surface area contributed by atoms with Crippen LogP contribution in [-0.2, 0) is 5.60 Å². The molecule has 0 spiro atoms. The number of pyridine rings is 2. The zero-order valence-corrected chi connectivity index (χ0v) is 40.1. The molecule has 11 heteroatoms. The van der Waals surface area contributed by atoms with Crippen molar-refractivity contribution in [2.24, 2.45) is 0 Å². The van der Waals surface area contributed by atoms with Crippen LogP contribution in [0.5, 0.6) is 5.75 Å². The minimum Gasteiger partial charge on any atom is -0.477 e. The predicted octanol–water partition coefficient (Wildman–Crippen LogP) is 14.6. The van der Waals surface area contributed by atoms with E-state index >= 15 is 0 Å². The maximum absolute atomic E-state index is 9.66. The number of hydrogen-bond donors (Lipinski definition) is 0. The van der Waals surface area contributed by atoms with Gasteiger partial charge in [-0.15, -0.1) is 0 Å². The summed E-state index contributed by atoms with van der Waals surface area (Å²) in [6.07, 6.45) is 3.56. The summed E-state index contributed by atoms with van der Waals surface area (Å²) in [6, 6.07) is 67.6. The smallest absolute Gasteiger partial charge is 0.187 e. The van der Waals surface area contributed by atoms with Crippen molar-refractivity contribution in [2.45, 2.75) is 12.5 Å². The van der Waals surface area contributed by atoms with Gasteiger partial charge in [0, 0.05) is 67.7 Å². The number of nitriles is 1. The second-order valence-electron chi connectivity index (χ2n) is 18.3. The van der Waals surface area contributed by atoms with Crippen molar-refractivity contribution in [1.82, 2.24) is 39.9 Å². The molecule has 0 aliphatic carbocycles. The van der Waals surface area contributed by atoms with Crippen LogP contribution in [0.3, 0.4) is 0 Å². The standard InChI is InChI=1S/C64H38N10O/c1-64(48-12-4-3-5-13-48)54-15-7-6-14-50(54)51-29-24-43(37-57(51)75-64)53-35-46(25-30-52(53)63-73-58(41-18-16-39(38-65)17-19-41)69-59(74-63)42-22-27-49(66-2)28-23-42)61-70-60(45-26-31-55-44(34-45)11-9-32-67-55)71-62(72-61)47-21-20-40-10-8-33-68-56(40)36-47/h3-37H,1H3. The first kappa shape index (κ1) is 44.3. The zero-order chi connectivity index (χ0) is 50.5. The molecular weight excluding hydrogens is 925 g/mol. The molecule has 1 atom stereocenters. The van der Waals surface area contributed by atoms with Gasteiger partial charge >= 0.3 is 0 Å². The lowest BCUT2D eigenvalue weighted by molar-refractivity contribution is 0.129. The summed E-state index contributed by atoms with van der Waals surface area (Å²) < 4.78 is 7.21. The minimum atomic E-state index is -0.801. The van der Waals surface area contributed by atoms with Crippen LogP contribution >= 0.6 is 0 Å². The maximum Gasteiger partial charge on any atom is 0.187 e. The normalized spacial score (nSPS) is 13.5. The monoisotopic (exact) mass is 962 g/mol.